The number of hydrogen-bond donors (Lipinski definition) is 1. The Morgan fingerprint density at radius 1 is 0.938 bits per heavy atom. The number of carbonyl (C=O) groups excluding carboxylic acids is 2. The lowest BCUT2D eigenvalue weighted by molar-refractivity contribution is -0.121. The summed E-state index contributed by atoms with van der Waals surface area (Å²) < 4.78 is 6.33. The van der Waals surface area contributed by atoms with Crippen molar-refractivity contribution in [1.29, 1.82) is 0 Å². The number of halogens is 1. The van der Waals surface area contributed by atoms with Crippen LogP contribution in [0.3, 0.4) is 0 Å². The molecule has 1 amide bonds. The Morgan fingerprint density at radius 2 is 1.59 bits per heavy atom. The van der Waals surface area contributed by atoms with Crippen LogP contribution in [-0.4, -0.2) is 18.1 Å². The molecule has 5 nitrogen and oxygen atoms in total. The van der Waals surface area contributed by atoms with Crippen LogP contribution in [0.2, 0.25) is 0 Å². The first-order valence-electron chi connectivity index (χ1n) is 11.5. The van der Waals surface area contributed by atoms with E-state index >= 15 is 0 Å². The number of hydrazone groups is 1. The summed E-state index contributed by atoms with van der Waals surface area (Å²) in [6.07, 6.45) is 12.9. The summed E-state index contributed by atoms with van der Waals surface area (Å²) in [5.74, 6) is -0.182. The maximum Gasteiger partial charge on any atom is 0.343 e. The fraction of sp³-hybridized carbons (Fsp3) is 0.423. The van der Waals surface area contributed by atoms with Crippen LogP contribution < -0.4 is 10.2 Å². The van der Waals surface area contributed by atoms with Gasteiger partial charge in [0.25, 0.3) is 0 Å². The van der Waals surface area contributed by atoms with E-state index in [1.807, 2.05) is 6.07 Å². The number of nitrogens with one attached hydrogen (secondary N) is 1. The van der Waals surface area contributed by atoms with E-state index in [0.29, 0.717) is 23.3 Å². The van der Waals surface area contributed by atoms with Gasteiger partial charge in [0.2, 0.25) is 5.91 Å². The van der Waals surface area contributed by atoms with Crippen molar-refractivity contribution in [2.75, 3.05) is 0 Å². The van der Waals surface area contributed by atoms with Gasteiger partial charge in [-0.15, -0.1) is 0 Å². The van der Waals surface area contributed by atoms with E-state index in [4.69, 9.17) is 4.74 Å². The SMILES string of the molecule is CCCCCCCCCCCC(=O)N/N=C/c1cc(Br)ccc1OC(=O)c1ccccc1. The minimum absolute atomic E-state index is 0.109. The van der Waals surface area contributed by atoms with Crippen LogP contribution in [-0.2, 0) is 4.79 Å². The zero-order valence-corrected chi connectivity index (χ0v) is 20.4. The summed E-state index contributed by atoms with van der Waals surface area (Å²) in [6, 6.07) is 14.1. The molecule has 0 aliphatic rings. The molecule has 2 aromatic rings. The number of esters is 1. The standard InChI is InChI=1S/C26H33BrN2O3/c1-2-3-4-5-6-7-8-9-13-16-25(30)29-28-20-22-19-23(27)17-18-24(22)32-26(31)21-14-11-10-12-15-21/h10-12,14-15,17-20H,2-9,13,16H2,1H3,(H,29,30)/b28-20+. The van der Waals surface area contributed by atoms with Crippen LogP contribution >= 0.6 is 15.9 Å². The molecule has 172 valence electrons. The van der Waals surface area contributed by atoms with Gasteiger partial charge in [-0.2, -0.15) is 5.10 Å². The molecule has 0 radical (unpaired) electrons. The molecular weight excluding hydrogens is 468 g/mol. The van der Waals surface area contributed by atoms with Crippen LogP contribution in [0.1, 0.15) is 87.1 Å². The lowest BCUT2D eigenvalue weighted by Crippen LogP contribution is -2.17. The summed E-state index contributed by atoms with van der Waals surface area (Å²) in [6.45, 7) is 2.23. The van der Waals surface area contributed by atoms with Gasteiger partial charge in [-0.25, -0.2) is 10.2 Å². The van der Waals surface area contributed by atoms with Gasteiger partial charge < -0.3 is 4.74 Å². The molecule has 0 spiro atoms. The summed E-state index contributed by atoms with van der Waals surface area (Å²) in [5.41, 5.74) is 3.62. The molecule has 0 aliphatic heterocycles. The number of unbranched alkanes of at least 4 members (excludes halogenated alkanes) is 8. The number of amides is 1. The van der Waals surface area contributed by atoms with Crippen LogP contribution in [0.25, 0.3) is 0 Å². The molecule has 0 aromatic heterocycles. The second-order valence-corrected chi connectivity index (χ2v) is 8.72. The first-order valence-corrected chi connectivity index (χ1v) is 12.3. The Bertz CT molecular complexity index is 869. The van der Waals surface area contributed by atoms with E-state index in [0.717, 1.165) is 17.3 Å². The molecule has 0 saturated carbocycles. The number of benzene rings is 2. The van der Waals surface area contributed by atoms with Crippen molar-refractivity contribution >= 4 is 34.0 Å². The van der Waals surface area contributed by atoms with Crippen LogP contribution in [0.5, 0.6) is 5.75 Å². The maximum absolute atomic E-state index is 12.3. The smallest absolute Gasteiger partial charge is 0.343 e. The number of carbonyl (C=O) groups is 2. The molecular formula is C26H33BrN2O3. The summed E-state index contributed by atoms with van der Waals surface area (Å²) in [7, 11) is 0. The molecule has 0 unspecified atom stereocenters. The molecule has 32 heavy (non-hydrogen) atoms. The topological polar surface area (TPSA) is 67.8 Å². The highest BCUT2D eigenvalue weighted by atomic mass is 79.9. The third-order valence-corrected chi connectivity index (χ3v) is 5.58. The first kappa shape index (κ1) is 25.8. The van der Waals surface area contributed by atoms with E-state index in [1.54, 1.807) is 42.5 Å². The zero-order chi connectivity index (χ0) is 23.0. The van der Waals surface area contributed by atoms with Gasteiger partial charge >= 0.3 is 5.97 Å². The summed E-state index contributed by atoms with van der Waals surface area (Å²) in [4.78, 5) is 24.4. The maximum atomic E-state index is 12.3. The summed E-state index contributed by atoms with van der Waals surface area (Å²) in [5, 5.41) is 4.04. The number of nitrogens with zero attached hydrogens (tertiary/aromatic N) is 1. The molecule has 2 rings (SSSR count). The zero-order valence-electron chi connectivity index (χ0n) is 18.8. The van der Waals surface area contributed by atoms with Gasteiger partial charge in [0.1, 0.15) is 5.75 Å². The minimum Gasteiger partial charge on any atom is -0.422 e. The Morgan fingerprint density at radius 3 is 2.28 bits per heavy atom. The highest BCUT2D eigenvalue weighted by molar-refractivity contribution is 9.10. The van der Waals surface area contributed by atoms with E-state index in [9.17, 15) is 9.59 Å². The fourth-order valence-electron chi connectivity index (χ4n) is 3.27. The highest BCUT2D eigenvalue weighted by Gasteiger charge is 2.11. The lowest BCUT2D eigenvalue weighted by Gasteiger charge is -2.08. The second-order valence-electron chi connectivity index (χ2n) is 7.81. The van der Waals surface area contributed by atoms with Crippen LogP contribution in [0.4, 0.5) is 0 Å². The minimum atomic E-state index is -0.447. The Labute approximate surface area is 199 Å². The van der Waals surface area contributed by atoms with Gasteiger partial charge in [-0.1, -0.05) is 92.4 Å². The van der Waals surface area contributed by atoms with E-state index in [-0.39, 0.29) is 5.91 Å². The molecule has 0 fully saturated rings. The van der Waals surface area contributed by atoms with Gasteiger partial charge in [-0.3, -0.25) is 4.79 Å². The molecule has 0 aliphatic carbocycles. The van der Waals surface area contributed by atoms with Crippen LogP contribution in [0.15, 0.2) is 58.1 Å². The first-order chi connectivity index (χ1) is 15.6. The third-order valence-electron chi connectivity index (χ3n) is 5.08. The van der Waals surface area contributed by atoms with Crippen LogP contribution in [0, 0.1) is 0 Å². The van der Waals surface area contributed by atoms with E-state index in [2.05, 4.69) is 33.4 Å². The van der Waals surface area contributed by atoms with Crippen molar-refractivity contribution in [3.8, 4) is 5.75 Å². The quantitative estimate of drug-likeness (QED) is 0.0993. The molecule has 0 heterocycles. The monoisotopic (exact) mass is 500 g/mol. The summed E-state index contributed by atoms with van der Waals surface area (Å²) >= 11 is 3.41. The average molecular weight is 501 g/mol. The lowest BCUT2D eigenvalue weighted by atomic mass is 10.1. The second kappa shape index (κ2) is 15.4. The van der Waals surface area contributed by atoms with Gasteiger partial charge in [0.15, 0.2) is 0 Å². The number of ether oxygens (including phenoxy) is 1. The number of rotatable bonds is 14. The molecule has 6 heteroatoms. The predicted octanol–water partition coefficient (Wildman–Crippen LogP) is 7.04. The van der Waals surface area contributed by atoms with Crippen molar-refractivity contribution in [3.05, 3.63) is 64.1 Å². The Kier molecular flexibility index (Phi) is 12.4. The average Bonchev–Trinajstić information content (AvgIpc) is 2.80. The molecule has 2 aromatic carbocycles. The highest BCUT2D eigenvalue weighted by Crippen LogP contribution is 2.23. The Hall–Kier alpha value is -2.47. The van der Waals surface area contributed by atoms with Crippen molar-refractivity contribution in [1.82, 2.24) is 5.43 Å². The number of hydrogen-bond acceptors (Lipinski definition) is 4. The molecule has 1 N–H and O–H groups in total. The molecule has 0 bridgehead atoms. The van der Waals surface area contributed by atoms with Crippen molar-refractivity contribution in [2.24, 2.45) is 5.10 Å². The van der Waals surface area contributed by atoms with Gasteiger partial charge in [0, 0.05) is 16.5 Å². The van der Waals surface area contributed by atoms with E-state index < -0.39 is 5.97 Å². The van der Waals surface area contributed by atoms with Crippen molar-refractivity contribution in [3.63, 3.8) is 0 Å². The molecule has 0 saturated heterocycles. The van der Waals surface area contributed by atoms with E-state index in [1.165, 1.54) is 51.2 Å². The van der Waals surface area contributed by atoms with Gasteiger partial charge in [0.05, 0.1) is 11.8 Å². The fourth-order valence-corrected chi connectivity index (χ4v) is 3.65. The van der Waals surface area contributed by atoms with Crippen molar-refractivity contribution in [2.45, 2.75) is 71.1 Å². The third kappa shape index (κ3) is 10.2. The largest absolute Gasteiger partial charge is 0.422 e. The normalized spacial score (nSPS) is 10.9. The molecule has 0 atom stereocenters. The van der Waals surface area contributed by atoms with Crippen molar-refractivity contribution < 1.29 is 14.3 Å². The van der Waals surface area contributed by atoms with Gasteiger partial charge in [-0.05, 0) is 36.8 Å². The Balaban J connectivity index is 1.75. The predicted molar refractivity (Wildman–Crippen MR) is 133 cm³/mol.